The van der Waals surface area contributed by atoms with Gasteiger partial charge in [-0.15, -0.1) is 0 Å². The van der Waals surface area contributed by atoms with Crippen molar-refractivity contribution in [2.24, 2.45) is 0 Å². The van der Waals surface area contributed by atoms with E-state index >= 15 is 0 Å². The number of halogens is 2. The van der Waals surface area contributed by atoms with E-state index in [9.17, 15) is 14.3 Å². The van der Waals surface area contributed by atoms with E-state index < -0.39 is 11.8 Å². The number of aryl methyl sites for hydroxylation is 1. The van der Waals surface area contributed by atoms with Gasteiger partial charge in [0.1, 0.15) is 17.2 Å². The minimum absolute atomic E-state index is 0.114. The van der Waals surface area contributed by atoms with E-state index in [2.05, 4.69) is 14.9 Å². The van der Waals surface area contributed by atoms with Gasteiger partial charge in [0.25, 0.3) is 0 Å². The summed E-state index contributed by atoms with van der Waals surface area (Å²) in [5.74, 6) is -0.961. The maximum Gasteiger partial charge on any atom is 0.338 e. The van der Waals surface area contributed by atoms with Gasteiger partial charge in [0.05, 0.1) is 40.5 Å². The summed E-state index contributed by atoms with van der Waals surface area (Å²) >= 11 is 6.22. The zero-order valence-electron chi connectivity index (χ0n) is 16.6. The Morgan fingerprint density at radius 2 is 1.97 bits per heavy atom. The number of hydrogen-bond acceptors (Lipinski definition) is 5. The van der Waals surface area contributed by atoms with Gasteiger partial charge in [-0.05, 0) is 37.3 Å². The molecule has 0 atom stereocenters. The second-order valence-corrected chi connectivity index (χ2v) is 7.78. The highest BCUT2D eigenvalue weighted by atomic mass is 35.5. The normalized spacial score (nSPS) is 14.5. The number of benzene rings is 2. The molecule has 0 bridgehead atoms. The van der Waals surface area contributed by atoms with Crippen LogP contribution in [0.5, 0.6) is 0 Å². The van der Waals surface area contributed by atoms with E-state index in [1.807, 2.05) is 10.6 Å². The molecule has 31 heavy (non-hydrogen) atoms. The quantitative estimate of drug-likeness (QED) is 0.514. The standard InChI is InChI=1S/C22H18ClFN4O3/c1-12-26-21-16(22(29)30)10-14(27-4-6-31-7-5-27)11-19(21)28(12)18-2-3-25-20-15(18)8-13(24)9-17(20)23/h2-3,8-11H,4-7H2,1H3,(H,29,30). The van der Waals surface area contributed by atoms with Crippen LogP contribution >= 0.6 is 11.6 Å². The van der Waals surface area contributed by atoms with Gasteiger partial charge in [-0.25, -0.2) is 14.2 Å². The first-order valence-electron chi connectivity index (χ1n) is 9.77. The molecule has 1 fully saturated rings. The zero-order chi connectivity index (χ0) is 21.7. The Morgan fingerprint density at radius 3 is 2.71 bits per heavy atom. The van der Waals surface area contributed by atoms with Crippen LogP contribution in [0.25, 0.3) is 27.6 Å². The van der Waals surface area contributed by atoms with Crippen molar-refractivity contribution in [1.82, 2.24) is 14.5 Å². The van der Waals surface area contributed by atoms with Gasteiger partial charge < -0.3 is 14.7 Å². The lowest BCUT2D eigenvalue weighted by molar-refractivity contribution is 0.0699. The van der Waals surface area contributed by atoms with E-state index in [0.717, 1.165) is 5.69 Å². The highest BCUT2D eigenvalue weighted by Gasteiger charge is 2.22. The predicted octanol–water partition coefficient (Wildman–Crippen LogP) is 4.21. The maximum atomic E-state index is 14.2. The number of aromatic nitrogens is 3. The number of rotatable bonds is 3. The van der Waals surface area contributed by atoms with Crippen molar-refractivity contribution >= 4 is 45.2 Å². The highest BCUT2D eigenvalue weighted by Crippen LogP contribution is 2.33. The Balaban J connectivity index is 1.82. The molecular weight excluding hydrogens is 423 g/mol. The molecule has 4 aromatic rings. The van der Waals surface area contributed by atoms with Gasteiger partial charge in [0.15, 0.2) is 0 Å². The van der Waals surface area contributed by atoms with Gasteiger partial charge in [-0.2, -0.15) is 0 Å². The van der Waals surface area contributed by atoms with Crippen LogP contribution in [0.3, 0.4) is 0 Å². The van der Waals surface area contributed by atoms with Crippen molar-refractivity contribution in [2.45, 2.75) is 6.92 Å². The second-order valence-electron chi connectivity index (χ2n) is 7.37. The predicted molar refractivity (Wildman–Crippen MR) is 116 cm³/mol. The number of nitrogens with zero attached hydrogens (tertiary/aromatic N) is 4. The van der Waals surface area contributed by atoms with Gasteiger partial charge in [0.2, 0.25) is 0 Å². The summed E-state index contributed by atoms with van der Waals surface area (Å²) in [6.07, 6.45) is 1.59. The molecule has 1 N–H and O–H groups in total. The molecule has 0 spiro atoms. The van der Waals surface area contributed by atoms with E-state index in [1.165, 1.54) is 12.1 Å². The Morgan fingerprint density at radius 1 is 1.19 bits per heavy atom. The number of morpholine rings is 1. The number of fused-ring (bicyclic) bond motifs is 2. The zero-order valence-corrected chi connectivity index (χ0v) is 17.4. The molecule has 1 aliphatic heterocycles. The van der Waals surface area contributed by atoms with E-state index in [-0.39, 0.29) is 10.6 Å². The third-order valence-electron chi connectivity index (χ3n) is 5.50. The molecule has 0 aliphatic carbocycles. The highest BCUT2D eigenvalue weighted by molar-refractivity contribution is 6.35. The molecule has 158 valence electrons. The summed E-state index contributed by atoms with van der Waals surface area (Å²) < 4.78 is 21.4. The smallest absolute Gasteiger partial charge is 0.338 e. The molecule has 5 rings (SSSR count). The fourth-order valence-corrected chi connectivity index (χ4v) is 4.36. The van der Waals surface area contributed by atoms with E-state index in [4.69, 9.17) is 16.3 Å². The van der Waals surface area contributed by atoms with Crippen LogP contribution < -0.4 is 4.90 Å². The van der Waals surface area contributed by atoms with Gasteiger partial charge in [-0.3, -0.25) is 9.55 Å². The van der Waals surface area contributed by atoms with Crippen molar-refractivity contribution in [3.63, 3.8) is 0 Å². The van der Waals surface area contributed by atoms with Crippen LogP contribution in [0.1, 0.15) is 16.2 Å². The Hall–Kier alpha value is -3.23. The number of carboxylic acids is 1. The molecule has 0 saturated carbocycles. The first kappa shape index (κ1) is 19.7. The summed E-state index contributed by atoms with van der Waals surface area (Å²) in [4.78, 5) is 23.0. The molecule has 2 aromatic carbocycles. The third-order valence-corrected chi connectivity index (χ3v) is 5.79. The molecule has 0 radical (unpaired) electrons. The van der Waals surface area contributed by atoms with Crippen molar-refractivity contribution < 1.29 is 19.0 Å². The summed E-state index contributed by atoms with van der Waals surface area (Å²) in [6, 6.07) is 7.90. The summed E-state index contributed by atoms with van der Waals surface area (Å²) in [6.45, 7) is 4.26. The summed E-state index contributed by atoms with van der Waals surface area (Å²) in [5.41, 5.74) is 2.97. The number of imidazole rings is 1. The van der Waals surface area contributed by atoms with Crippen LogP contribution in [-0.4, -0.2) is 51.9 Å². The van der Waals surface area contributed by atoms with Crippen LogP contribution in [-0.2, 0) is 4.74 Å². The molecular formula is C22H18ClFN4O3. The van der Waals surface area contributed by atoms with E-state index in [0.29, 0.717) is 59.8 Å². The molecule has 9 heteroatoms. The molecule has 1 aliphatic rings. The molecule has 7 nitrogen and oxygen atoms in total. The largest absolute Gasteiger partial charge is 0.478 e. The molecule has 2 aromatic heterocycles. The lowest BCUT2D eigenvalue weighted by Crippen LogP contribution is -2.36. The number of ether oxygens (including phenoxy) is 1. The summed E-state index contributed by atoms with van der Waals surface area (Å²) in [7, 11) is 0. The SMILES string of the molecule is Cc1nc2c(C(=O)O)cc(N3CCOCC3)cc2n1-c1ccnc2c(Cl)cc(F)cc12. The van der Waals surface area contributed by atoms with Gasteiger partial charge in [-0.1, -0.05) is 11.6 Å². The van der Waals surface area contributed by atoms with Gasteiger partial charge >= 0.3 is 5.97 Å². The van der Waals surface area contributed by atoms with Crippen molar-refractivity contribution in [1.29, 1.82) is 0 Å². The van der Waals surface area contributed by atoms with Crippen LogP contribution in [0.15, 0.2) is 36.5 Å². The third kappa shape index (κ3) is 3.28. The Labute approximate surface area is 181 Å². The number of hydrogen-bond donors (Lipinski definition) is 1. The van der Waals surface area contributed by atoms with E-state index in [1.54, 1.807) is 25.3 Å². The number of anilines is 1. The lowest BCUT2D eigenvalue weighted by Gasteiger charge is -2.29. The first-order chi connectivity index (χ1) is 14.9. The lowest BCUT2D eigenvalue weighted by atomic mass is 10.1. The van der Waals surface area contributed by atoms with Crippen molar-refractivity contribution in [3.05, 3.63) is 58.8 Å². The first-order valence-corrected chi connectivity index (χ1v) is 10.1. The molecule has 3 heterocycles. The van der Waals surface area contributed by atoms with Crippen LogP contribution in [0.4, 0.5) is 10.1 Å². The Kier molecular flexibility index (Phi) is 4.75. The van der Waals surface area contributed by atoms with Crippen molar-refractivity contribution in [2.75, 3.05) is 31.2 Å². The maximum absolute atomic E-state index is 14.2. The number of carboxylic acid groups (broad SMARTS) is 1. The number of carbonyl (C=O) groups is 1. The fourth-order valence-electron chi connectivity index (χ4n) is 4.11. The molecule has 1 saturated heterocycles. The van der Waals surface area contributed by atoms with Gasteiger partial charge in [0, 0.05) is 30.4 Å². The fraction of sp³-hybridized carbons (Fsp3) is 0.227. The molecule has 0 unspecified atom stereocenters. The average molecular weight is 441 g/mol. The monoisotopic (exact) mass is 440 g/mol. The number of aromatic carboxylic acids is 1. The minimum Gasteiger partial charge on any atom is -0.478 e. The average Bonchev–Trinajstić information content (AvgIpc) is 3.08. The van der Waals surface area contributed by atoms with Crippen LogP contribution in [0.2, 0.25) is 5.02 Å². The van der Waals surface area contributed by atoms with Crippen LogP contribution in [0, 0.1) is 12.7 Å². The molecule has 0 amide bonds. The van der Waals surface area contributed by atoms with Crippen molar-refractivity contribution in [3.8, 4) is 5.69 Å². The second kappa shape index (κ2) is 7.47. The Bertz CT molecular complexity index is 1350. The number of pyridine rings is 1. The minimum atomic E-state index is -1.06. The topological polar surface area (TPSA) is 80.5 Å². The summed E-state index contributed by atoms with van der Waals surface area (Å²) in [5, 5.41) is 10.6.